The summed E-state index contributed by atoms with van der Waals surface area (Å²) in [5.41, 5.74) is 0. The first-order chi connectivity index (χ1) is 5.52. The maximum atomic E-state index is 11.9. The highest BCUT2D eigenvalue weighted by molar-refractivity contribution is 4.83. The molecule has 1 rings (SSSR count). The average molecular weight is 183 g/mol. The molecule has 2 nitrogen and oxygen atoms in total. The number of hydrogen-bond acceptors (Lipinski definition) is 2. The van der Waals surface area contributed by atoms with E-state index >= 15 is 0 Å². The highest BCUT2D eigenvalue weighted by Crippen LogP contribution is 2.25. The Hall–Kier alpha value is -0.290. The molecule has 0 saturated carbocycles. The van der Waals surface area contributed by atoms with E-state index in [4.69, 9.17) is 5.11 Å². The molecule has 2 atom stereocenters. The van der Waals surface area contributed by atoms with E-state index in [-0.39, 0.29) is 0 Å². The van der Waals surface area contributed by atoms with Crippen molar-refractivity contribution in [3.8, 4) is 0 Å². The van der Waals surface area contributed by atoms with Gasteiger partial charge in [-0.25, -0.2) is 0 Å². The summed E-state index contributed by atoms with van der Waals surface area (Å²) in [6, 6.07) is -0.807. The van der Waals surface area contributed by atoms with Crippen molar-refractivity contribution in [1.29, 1.82) is 0 Å². The lowest BCUT2D eigenvalue weighted by molar-refractivity contribution is -0.213. The van der Waals surface area contributed by atoms with Crippen molar-refractivity contribution in [3.63, 3.8) is 0 Å². The van der Waals surface area contributed by atoms with Crippen LogP contribution in [0.15, 0.2) is 0 Å². The molecule has 2 N–H and O–H groups in total. The van der Waals surface area contributed by atoms with E-state index in [1.54, 1.807) is 0 Å². The standard InChI is InChI=1S/C7H12F3NO/c8-7(9,10)6(12)5-3-1-2-4-11-5/h5-6,11-12H,1-4H2/t5-,6-/m1/s1. The molecule has 1 fully saturated rings. The largest absolute Gasteiger partial charge is 0.415 e. The Morgan fingerprint density at radius 2 is 2.00 bits per heavy atom. The Labute approximate surface area is 68.8 Å². The van der Waals surface area contributed by atoms with Crippen LogP contribution in [0.4, 0.5) is 13.2 Å². The molecule has 1 heterocycles. The summed E-state index contributed by atoms with van der Waals surface area (Å²) in [6.07, 6.45) is -4.65. The van der Waals surface area contributed by atoms with Gasteiger partial charge in [-0.3, -0.25) is 0 Å². The van der Waals surface area contributed by atoms with Gasteiger partial charge in [-0.2, -0.15) is 13.2 Å². The molecule has 1 saturated heterocycles. The van der Waals surface area contributed by atoms with E-state index in [1.807, 2.05) is 0 Å². The maximum absolute atomic E-state index is 11.9. The lowest BCUT2D eigenvalue weighted by Crippen LogP contribution is -2.49. The Balaban J connectivity index is 2.45. The highest BCUT2D eigenvalue weighted by atomic mass is 19.4. The Bertz CT molecular complexity index is 142. The second-order valence-electron chi connectivity index (χ2n) is 3.04. The summed E-state index contributed by atoms with van der Waals surface area (Å²) < 4.78 is 35.8. The molecule has 0 aromatic rings. The zero-order chi connectivity index (χ0) is 9.19. The molecule has 5 heteroatoms. The van der Waals surface area contributed by atoms with Gasteiger partial charge >= 0.3 is 6.18 Å². The fourth-order valence-corrected chi connectivity index (χ4v) is 1.38. The first kappa shape index (κ1) is 9.80. The second-order valence-corrected chi connectivity index (χ2v) is 3.04. The monoisotopic (exact) mass is 183 g/mol. The summed E-state index contributed by atoms with van der Waals surface area (Å²) >= 11 is 0. The van der Waals surface area contributed by atoms with Crippen LogP contribution in [0.3, 0.4) is 0 Å². The van der Waals surface area contributed by atoms with Crippen LogP contribution in [0.1, 0.15) is 19.3 Å². The fraction of sp³-hybridized carbons (Fsp3) is 1.00. The third-order valence-electron chi connectivity index (χ3n) is 2.06. The van der Waals surface area contributed by atoms with Crippen molar-refractivity contribution in [2.75, 3.05) is 6.54 Å². The van der Waals surface area contributed by atoms with Crippen LogP contribution in [-0.2, 0) is 0 Å². The van der Waals surface area contributed by atoms with E-state index in [1.165, 1.54) is 0 Å². The molecule has 0 spiro atoms. The Kier molecular flexibility index (Phi) is 2.95. The number of aliphatic hydroxyl groups is 1. The van der Waals surface area contributed by atoms with Crippen molar-refractivity contribution < 1.29 is 18.3 Å². The zero-order valence-electron chi connectivity index (χ0n) is 6.56. The summed E-state index contributed by atoms with van der Waals surface area (Å²) in [6.45, 7) is 0.567. The van der Waals surface area contributed by atoms with Gasteiger partial charge in [-0.05, 0) is 19.4 Å². The predicted octanol–water partition coefficient (Wildman–Crippen LogP) is 1.05. The third kappa shape index (κ3) is 2.35. The van der Waals surface area contributed by atoms with Gasteiger partial charge in [-0.15, -0.1) is 0 Å². The van der Waals surface area contributed by atoms with Gasteiger partial charge in [0.15, 0.2) is 6.10 Å². The van der Waals surface area contributed by atoms with Gasteiger partial charge in [0.1, 0.15) is 0 Å². The van der Waals surface area contributed by atoms with Crippen LogP contribution in [0, 0.1) is 0 Å². The van der Waals surface area contributed by atoms with Crippen LogP contribution in [-0.4, -0.2) is 30.0 Å². The molecule has 0 bridgehead atoms. The Morgan fingerprint density at radius 3 is 2.42 bits per heavy atom. The van der Waals surface area contributed by atoms with Crippen molar-refractivity contribution in [2.45, 2.75) is 37.6 Å². The SMILES string of the molecule is O[C@H]([C@H]1CCCCN1)C(F)(F)F. The summed E-state index contributed by atoms with van der Waals surface area (Å²) in [5.74, 6) is 0. The average Bonchev–Trinajstić information content (AvgIpc) is 2.03. The molecule has 12 heavy (non-hydrogen) atoms. The van der Waals surface area contributed by atoms with Crippen LogP contribution in [0.2, 0.25) is 0 Å². The van der Waals surface area contributed by atoms with Gasteiger partial charge in [-0.1, -0.05) is 6.42 Å². The number of alkyl halides is 3. The number of hydrogen-bond donors (Lipinski definition) is 2. The minimum Gasteiger partial charge on any atom is -0.382 e. The lowest BCUT2D eigenvalue weighted by Gasteiger charge is -2.29. The minimum absolute atomic E-state index is 0.403. The van der Waals surface area contributed by atoms with Crippen LogP contribution in [0.5, 0.6) is 0 Å². The van der Waals surface area contributed by atoms with Gasteiger partial charge < -0.3 is 10.4 Å². The van der Waals surface area contributed by atoms with Gasteiger partial charge in [0.25, 0.3) is 0 Å². The number of aliphatic hydroxyl groups excluding tert-OH is 1. The summed E-state index contributed by atoms with van der Waals surface area (Å²) in [5, 5.41) is 11.5. The van der Waals surface area contributed by atoms with Crippen molar-refractivity contribution in [2.24, 2.45) is 0 Å². The van der Waals surface area contributed by atoms with Gasteiger partial charge in [0.2, 0.25) is 0 Å². The van der Waals surface area contributed by atoms with E-state index in [0.29, 0.717) is 13.0 Å². The topological polar surface area (TPSA) is 32.3 Å². The van der Waals surface area contributed by atoms with E-state index in [0.717, 1.165) is 12.8 Å². The van der Waals surface area contributed by atoms with Crippen LogP contribution < -0.4 is 5.32 Å². The van der Waals surface area contributed by atoms with Crippen molar-refractivity contribution >= 4 is 0 Å². The molecule has 0 aromatic heterocycles. The van der Waals surface area contributed by atoms with Crippen LogP contribution >= 0.6 is 0 Å². The molecular formula is C7H12F3NO. The quantitative estimate of drug-likeness (QED) is 0.637. The van der Waals surface area contributed by atoms with E-state index in [9.17, 15) is 13.2 Å². The number of rotatable bonds is 1. The molecule has 0 amide bonds. The second kappa shape index (κ2) is 3.62. The first-order valence-electron chi connectivity index (χ1n) is 4.00. The first-order valence-corrected chi connectivity index (χ1v) is 4.00. The molecule has 72 valence electrons. The molecule has 1 aliphatic heterocycles. The molecule has 1 aliphatic rings. The van der Waals surface area contributed by atoms with E-state index in [2.05, 4.69) is 5.32 Å². The van der Waals surface area contributed by atoms with Gasteiger partial charge in [0.05, 0.1) is 0 Å². The van der Waals surface area contributed by atoms with Gasteiger partial charge in [0, 0.05) is 6.04 Å². The number of halogens is 3. The minimum atomic E-state index is -4.49. The molecule has 0 aliphatic carbocycles. The fourth-order valence-electron chi connectivity index (χ4n) is 1.38. The lowest BCUT2D eigenvalue weighted by atomic mass is 10.00. The van der Waals surface area contributed by atoms with Crippen LogP contribution in [0.25, 0.3) is 0 Å². The molecule has 0 unspecified atom stereocenters. The zero-order valence-corrected chi connectivity index (χ0v) is 6.56. The summed E-state index contributed by atoms with van der Waals surface area (Å²) in [4.78, 5) is 0. The van der Waals surface area contributed by atoms with Crippen molar-refractivity contribution in [1.82, 2.24) is 5.32 Å². The van der Waals surface area contributed by atoms with E-state index < -0.39 is 18.3 Å². The number of nitrogens with one attached hydrogen (secondary N) is 1. The number of piperidine rings is 1. The molecular weight excluding hydrogens is 171 g/mol. The maximum Gasteiger partial charge on any atom is 0.415 e. The highest BCUT2D eigenvalue weighted by Gasteiger charge is 2.43. The molecule has 0 aromatic carbocycles. The summed E-state index contributed by atoms with van der Waals surface area (Å²) in [7, 11) is 0. The normalized spacial score (nSPS) is 28.5. The molecule has 0 radical (unpaired) electrons. The third-order valence-corrected chi connectivity index (χ3v) is 2.06. The Morgan fingerprint density at radius 1 is 1.33 bits per heavy atom. The van der Waals surface area contributed by atoms with Crippen molar-refractivity contribution in [3.05, 3.63) is 0 Å². The smallest absolute Gasteiger partial charge is 0.382 e. The predicted molar refractivity (Wildman–Crippen MR) is 37.7 cm³/mol.